The molecular formula is C14H18O4. The van der Waals surface area contributed by atoms with E-state index in [4.69, 9.17) is 10.2 Å². The Balaban J connectivity index is 0.000000411. The Hall–Kier alpha value is -2.10. The number of carboxylic acids is 2. The fraction of sp³-hybridized carbons (Fsp3) is 0.286. The Kier molecular flexibility index (Phi) is 7.94. The van der Waals surface area contributed by atoms with Gasteiger partial charge in [0.15, 0.2) is 0 Å². The SMILES string of the molecule is C/C=C/CCC.O=C(O)c1ccc(C(=O)O)cc1. The Morgan fingerprint density at radius 1 is 1.06 bits per heavy atom. The van der Waals surface area contributed by atoms with Crippen molar-refractivity contribution < 1.29 is 19.8 Å². The van der Waals surface area contributed by atoms with Crippen molar-refractivity contribution in [2.45, 2.75) is 26.7 Å². The van der Waals surface area contributed by atoms with E-state index in [0.29, 0.717) is 0 Å². The van der Waals surface area contributed by atoms with Crippen LogP contribution < -0.4 is 0 Å². The molecule has 0 atom stereocenters. The minimum atomic E-state index is -1.06. The Bertz CT molecular complexity index is 371. The van der Waals surface area contributed by atoms with Crippen LogP contribution in [0.4, 0.5) is 0 Å². The minimum absolute atomic E-state index is 0.0833. The van der Waals surface area contributed by atoms with Gasteiger partial charge in [0, 0.05) is 0 Å². The zero-order chi connectivity index (χ0) is 14.0. The van der Waals surface area contributed by atoms with E-state index in [0.717, 1.165) is 0 Å². The van der Waals surface area contributed by atoms with Gasteiger partial charge < -0.3 is 10.2 Å². The molecule has 1 aromatic carbocycles. The van der Waals surface area contributed by atoms with Crippen molar-refractivity contribution >= 4 is 11.9 Å². The molecule has 0 aliphatic heterocycles. The summed E-state index contributed by atoms with van der Waals surface area (Å²) in [6.07, 6.45) is 6.77. The fourth-order valence-corrected chi connectivity index (χ4v) is 1.09. The number of aromatic carboxylic acids is 2. The molecule has 0 radical (unpaired) electrons. The molecule has 1 aromatic rings. The molecule has 0 saturated carbocycles. The van der Waals surface area contributed by atoms with E-state index in [2.05, 4.69) is 26.0 Å². The summed E-state index contributed by atoms with van der Waals surface area (Å²) in [7, 11) is 0. The smallest absolute Gasteiger partial charge is 0.335 e. The number of unbranched alkanes of at least 4 members (excludes halogenated alkanes) is 1. The largest absolute Gasteiger partial charge is 0.478 e. The van der Waals surface area contributed by atoms with Gasteiger partial charge in [-0.3, -0.25) is 0 Å². The molecular weight excluding hydrogens is 232 g/mol. The van der Waals surface area contributed by atoms with Gasteiger partial charge in [-0.05, 0) is 37.6 Å². The van der Waals surface area contributed by atoms with Crippen molar-refractivity contribution in [1.29, 1.82) is 0 Å². The zero-order valence-corrected chi connectivity index (χ0v) is 10.6. The van der Waals surface area contributed by atoms with Crippen LogP contribution in [0.1, 0.15) is 47.4 Å². The van der Waals surface area contributed by atoms with Gasteiger partial charge in [-0.2, -0.15) is 0 Å². The lowest BCUT2D eigenvalue weighted by atomic mass is 10.1. The maximum atomic E-state index is 10.3. The molecule has 0 amide bonds. The van der Waals surface area contributed by atoms with Gasteiger partial charge >= 0.3 is 11.9 Å². The summed E-state index contributed by atoms with van der Waals surface area (Å²) in [5, 5.41) is 16.9. The zero-order valence-electron chi connectivity index (χ0n) is 10.6. The van der Waals surface area contributed by atoms with Gasteiger partial charge in [-0.15, -0.1) is 0 Å². The summed E-state index contributed by atoms with van der Waals surface area (Å²) in [4.78, 5) is 20.7. The molecule has 1 rings (SSSR count). The first-order valence-corrected chi connectivity index (χ1v) is 5.70. The topological polar surface area (TPSA) is 74.6 Å². The fourth-order valence-electron chi connectivity index (χ4n) is 1.09. The average Bonchev–Trinajstić information content (AvgIpc) is 2.37. The number of carbonyl (C=O) groups is 2. The van der Waals surface area contributed by atoms with Crippen molar-refractivity contribution in [1.82, 2.24) is 0 Å². The first-order valence-electron chi connectivity index (χ1n) is 5.70. The second-order valence-corrected chi connectivity index (χ2v) is 3.55. The third kappa shape index (κ3) is 6.48. The van der Waals surface area contributed by atoms with Crippen LogP contribution in [-0.2, 0) is 0 Å². The number of benzene rings is 1. The molecule has 98 valence electrons. The standard InChI is InChI=1S/C8H6O4.C6H12/c9-7(10)5-1-2-6(4-3-5)8(11)12;1-3-5-6-4-2/h1-4H,(H,9,10)(H,11,12);3,5H,4,6H2,1-2H3/b;5-3+. The summed E-state index contributed by atoms with van der Waals surface area (Å²) in [6.45, 7) is 4.23. The van der Waals surface area contributed by atoms with Crippen molar-refractivity contribution in [3.05, 3.63) is 47.5 Å². The second kappa shape index (κ2) is 8.98. The van der Waals surface area contributed by atoms with Crippen LogP contribution in [-0.4, -0.2) is 22.2 Å². The highest BCUT2D eigenvalue weighted by Crippen LogP contribution is 2.03. The van der Waals surface area contributed by atoms with Crippen LogP contribution >= 0.6 is 0 Å². The van der Waals surface area contributed by atoms with Crippen LogP contribution in [0.15, 0.2) is 36.4 Å². The highest BCUT2D eigenvalue weighted by molar-refractivity contribution is 5.91. The maximum Gasteiger partial charge on any atom is 0.335 e. The highest BCUT2D eigenvalue weighted by Gasteiger charge is 2.04. The van der Waals surface area contributed by atoms with E-state index in [1.165, 1.54) is 37.1 Å². The Morgan fingerprint density at radius 2 is 1.44 bits per heavy atom. The van der Waals surface area contributed by atoms with Crippen LogP contribution in [0.25, 0.3) is 0 Å². The van der Waals surface area contributed by atoms with E-state index in [9.17, 15) is 9.59 Å². The second-order valence-electron chi connectivity index (χ2n) is 3.55. The van der Waals surface area contributed by atoms with E-state index in [1.54, 1.807) is 0 Å². The molecule has 0 heterocycles. The molecule has 0 saturated heterocycles. The molecule has 0 aliphatic rings. The van der Waals surface area contributed by atoms with E-state index < -0.39 is 11.9 Å². The molecule has 0 bridgehead atoms. The number of hydrogen-bond acceptors (Lipinski definition) is 2. The summed E-state index contributed by atoms with van der Waals surface area (Å²) < 4.78 is 0. The Labute approximate surface area is 107 Å². The van der Waals surface area contributed by atoms with Gasteiger partial charge in [0.1, 0.15) is 0 Å². The van der Waals surface area contributed by atoms with Gasteiger partial charge in [-0.25, -0.2) is 9.59 Å². The van der Waals surface area contributed by atoms with Crippen molar-refractivity contribution in [2.75, 3.05) is 0 Å². The minimum Gasteiger partial charge on any atom is -0.478 e. The quantitative estimate of drug-likeness (QED) is 0.802. The van der Waals surface area contributed by atoms with Crippen LogP contribution in [0.3, 0.4) is 0 Å². The first-order chi connectivity index (χ1) is 8.52. The van der Waals surface area contributed by atoms with Gasteiger partial charge in [0.25, 0.3) is 0 Å². The predicted octanol–water partition coefficient (Wildman–Crippen LogP) is 3.45. The van der Waals surface area contributed by atoms with E-state index in [-0.39, 0.29) is 11.1 Å². The average molecular weight is 250 g/mol. The summed E-state index contributed by atoms with van der Waals surface area (Å²) in [6, 6.07) is 5.02. The van der Waals surface area contributed by atoms with Gasteiger partial charge in [-0.1, -0.05) is 25.5 Å². The summed E-state index contributed by atoms with van der Waals surface area (Å²) in [5.41, 5.74) is 0.167. The highest BCUT2D eigenvalue weighted by atomic mass is 16.4. The monoisotopic (exact) mass is 250 g/mol. The number of hydrogen-bond donors (Lipinski definition) is 2. The van der Waals surface area contributed by atoms with Crippen molar-refractivity contribution in [3.63, 3.8) is 0 Å². The van der Waals surface area contributed by atoms with E-state index >= 15 is 0 Å². The lowest BCUT2D eigenvalue weighted by molar-refractivity contribution is 0.0681. The molecule has 4 nitrogen and oxygen atoms in total. The number of allylic oxidation sites excluding steroid dienone is 2. The lowest BCUT2D eigenvalue weighted by Gasteiger charge is -1.94. The third-order valence-corrected chi connectivity index (χ3v) is 2.07. The molecule has 18 heavy (non-hydrogen) atoms. The van der Waals surface area contributed by atoms with Crippen LogP contribution in [0.5, 0.6) is 0 Å². The maximum absolute atomic E-state index is 10.3. The molecule has 4 heteroatoms. The van der Waals surface area contributed by atoms with Gasteiger partial charge in [0.2, 0.25) is 0 Å². The van der Waals surface area contributed by atoms with Crippen LogP contribution in [0.2, 0.25) is 0 Å². The number of rotatable bonds is 4. The molecule has 2 N–H and O–H groups in total. The lowest BCUT2D eigenvalue weighted by Crippen LogP contribution is -1.99. The summed E-state index contributed by atoms with van der Waals surface area (Å²) in [5.74, 6) is -2.13. The van der Waals surface area contributed by atoms with Crippen molar-refractivity contribution in [2.24, 2.45) is 0 Å². The molecule has 0 aromatic heterocycles. The molecule has 0 spiro atoms. The molecule has 0 aliphatic carbocycles. The van der Waals surface area contributed by atoms with Crippen LogP contribution in [0, 0.1) is 0 Å². The molecule has 0 unspecified atom stereocenters. The normalized spacial score (nSPS) is 9.67. The van der Waals surface area contributed by atoms with Crippen molar-refractivity contribution in [3.8, 4) is 0 Å². The third-order valence-electron chi connectivity index (χ3n) is 2.07. The Morgan fingerprint density at radius 3 is 1.61 bits per heavy atom. The number of carboxylic acid groups (broad SMARTS) is 2. The van der Waals surface area contributed by atoms with E-state index in [1.807, 2.05) is 0 Å². The first kappa shape index (κ1) is 15.9. The van der Waals surface area contributed by atoms with Gasteiger partial charge in [0.05, 0.1) is 11.1 Å². The summed E-state index contributed by atoms with van der Waals surface area (Å²) >= 11 is 0. The molecule has 0 fully saturated rings. The predicted molar refractivity (Wildman–Crippen MR) is 70.1 cm³/mol.